The lowest BCUT2D eigenvalue weighted by Crippen LogP contribution is -2.60. The van der Waals surface area contributed by atoms with E-state index in [0.717, 1.165) is 19.6 Å². The van der Waals surface area contributed by atoms with Crippen molar-refractivity contribution >= 4 is 5.91 Å². The quantitative estimate of drug-likeness (QED) is 0.869. The van der Waals surface area contributed by atoms with Crippen molar-refractivity contribution in [2.45, 2.75) is 26.4 Å². The van der Waals surface area contributed by atoms with E-state index in [0.29, 0.717) is 23.4 Å². The van der Waals surface area contributed by atoms with Gasteiger partial charge in [0, 0.05) is 32.6 Å². The van der Waals surface area contributed by atoms with Gasteiger partial charge in [0.05, 0.1) is 0 Å². The van der Waals surface area contributed by atoms with Crippen LogP contribution in [-0.4, -0.2) is 46.9 Å². The Morgan fingerprint density at radius 2 is 2.00 bits per heavy atom. The van der Waals surface area contributed by atoms with Crippen LogP contribution in [0.25, 0.3) is 0 Å². The standard InChI is InChI=1S/C17H21N3O2/c1-12-16(18-13(2)22-12)17(21)20-10-15(11-20)19(3)9-14-7-5-4-6-8-14/h4-8,15H,9-11H2,1-3H3. The number of aryl methyl sites for hydroxylation is 2. The van der Waals surface area contributed by atoms with Crippen molar-refractivity contribution in [2.24, 2.45) is 0 Å². The maximum atomic E-state index is 12.4. The summed E-state index contributed by atoms with van der Waals surface area (Å²) in [5.74, 6) is 1.11. The van der Waals surface area contributed by atoms with Gasteiger partial charge in [-0.2, -0.15) is 0 Å². The molecule has 2 heterocycles. The number of aromatic nitrogens is 1. The topological polar surface area (TPSA) is 49.6 Å². The van der Waals surface area contributed by atoms with E-state index in [4.69, 9.17) is 4.42 Å². The van der Waals surface area contributed by atoms with Gasteiger partial charge in [0.25, 0.3) is 5.91 Å². The third-order valence-electron chi connectivity index (χ3n) is 4.15. The Kier molecular flexibility index (Phi) is 3.98. The van der Waals surface area contributed by atoms with Crippen LogP contribution >= 0.6 is 0 Å². The molecule has 0 radical (unpaired) electrons. The first-order valence-electron chi connectivity index (χ1n) is 7.52. The van der Waals surface area contributed by atoms with Gasteiger partial charge in [0.2, 0.25) is 0 Å². The molecule has 5 heteroatoms. The number of hydrogen-bond acceptors (Lipinski definition) is 4. The highest BCUT2D eigenvalue weighted by molar-refractivity contribution is 5.93. The Balaban J connectivity index is 1.55. The maximum absolute atomic E-state index is 12.4. The Morgan fingerprint density at radius 1 is 1.32 bits per heavy atom. The number of likely N-dealkylation sites (tertiary alicyclic amines) is 1. The third-order valence-corrected chi connectivity index (χ3v) is 4.15. The van der Waals surface area contributed by atoms with Gasteiger partial charge in [0.1, 0.15) is 5.76 Å². The van der Waals surface area contributed by atoms with E-state index in [-0.39, 0.29) is 5.91 Å². The molecule has 116 valence electrons. The van der Waals surface area contributed by atoms with Crippen LogP contribution in [0.5, 0.6) is 0 Å². The first-order valence-corrected chi connectivity index (χ1v) is 7.52. The molecule has 22 heavy (non-hydrogen) atoms. The van der Waals surface area contributed by atoms with Crippen LogP contribution in [-0.2, 0) is 6.54 Å². The Labute approximate surface area is 130 Å². The number of amides is 1. The molecule has 1 aromatic carbocycles. The monoisotopic (exact) mass is 299 g/mol. The summed E-state index contributed by atoms with van der Waals surface area (Å²) in [4.78, 5) is 20.7. The zero-order chi connectivity index (χ0) is 15.7. The molecule has 2 aromatic rings. The number of rotatable bonds is 4. The molecular formula is C17H21N3O2. The Morgan fingerprint density at radius 3 is 2.59 bits per heavy atom. The fourth-order valence-corrected chi connectivity index (χ4v) is 2.78. The third kappa shape index (κ3) is 2.90. The van der Waals surface area contributed by atoms with Crippen LogP contribution < -0.4 is 0 Å². The van der Waals surface area contributed by atoms with E-state index in [9.17, 15) is 4.79 Å². The lowest BCUT2D eigenvalue weighted by atomic mass is 10.1. The van der Waals surface area contributed by atoms with Gasteiger partial charge < -0.3 is 9.32 Å². The Bertz CT molecular complexity index is 660. The van der Waals surface area contributed by atoms with Gasteiger partial charge in [-0.15, -0.1) is 0 Å². The molecule has 1 saturated heterocycles. The van der Waals surface area contributed by atoms with Gasteiger partial charge in [0.15, 0.2) is 11.6 Å². The van der Waals surface area contributed by atoms with Crippen LogP contribution in [0.1, 0.15) is 27.7 Å². The molecule has 1 aliphatic rings. The van der Waals surface area contributed by atoms with Crippen molar-refractivity contribution in [2.75, 3.05) is 20.1 Å². The van der Waals surface area contributed by atoms with E-state index in [1.165, 1.54) is 5.56 Å². The molecule has 0 bridgehead atoms. The summed E-state index contributed by atoms with van der Waals surface area (Å²) >= 11 is 0. The van der Waals surface area contributed by atoms with Crippen molar-refractivity contribution in [3.05, 3.63) is 53.2 Å². The SMILES string of the molecule is Cc1nc(C(=O)N2CC(N(C)Cc3ccccc3)C2)c(C)o1. The lowest BCUT2D eigenvalue weighted by molar-refractivity contribution is 0.0315. The second kappa shape index (κ2) is 5.93. The molecule has 0 N–H and O–H groups in total. The number of hydrogen-bond donors (Lipinski definition) is 0. The molecule has 0 atom stereocenters. The van der Waals surface area contributed by atoms with Crippen molar-refractivity contribution in [1.29, 1.82) is 0 Å². The minimum Gasteiger partial charge on any atom is -0.445 e. The Hall–Kier alpha value is -2.14. The maximum Gasteiger partial charge on any atom is 0.276 e. The highest BCUT2D eigenvalue weighted by Crippen LogP contribution is 2.20. The molecule has 1 aromatic heterocycles. The normalized spacial score (nSPS) is 15.2. The van der Waals surface area contributed by atoms with Gasteiger partial charge in [-0.25, -0.2) is 4.98 Å². The summed E-state index contributed by atoms with van der Waals surface area (Å²) in [6.45, 7) is 5.93. The van der Waals surface area contributed by atoms with Crippen molar-refractivity contribution in [3.63, 3.8) is 0 Å². The van der Waals surface area contributed by atoms with Crippen LogP contribution in [0.2, 0.25) is 0 Å². The molecule has 1 aliphatic heterocycles. The number of carbonyl (C=O) groups is 1. The first-order chi connectivity index (χ1) is 10.5. The molecule has 1 amide bonds. The van der Waals surface area contributed by atoms with E-state index >= 15 is 0 Å². The first kappa shape index (κ1) is 14.8. The minimum atomic E-state index is -0.0290. The number of benzene rings is 1. The summed E-state index contributed by atoms with van der Waals surface area (Å²) < 4.78 is 5.34. The van der Waals surface area contributed by atoms with Gasteiger partial charge >= 0.3 is 0 Å². The summed E-state index contributed by atoms with van der Waals surface area (Å²) in [7, 11) is 2.10. The predicted octanol–water partition coefficient (Wildman–Crippen LogP) is 2.25. The van der Waals surface area contributed by atoms with Crippen molar-refractivity contribution in [3.8, 4) is 0 Å². The average molecular weight is 299 g/mol. The van der Waals surface area contributed by atoms with Crippen LogP contribution in [0.4, 0.5) is 0 Å². The number of oxazole rings is 1. The summed E-state index contributed by atoms with van der Waals surface area (Å²) in [6, 6.07) is 10.8. The highest BCUT2D eigenvalue weighted by atomic mass is 16.4. The second-order valence-corrected chi connectivity index (χ2v) is 5.90. The number of nitrogens with zero attached hydrogens (tertiary/aromatic N) is 3. The predicted molar refractivity (Wildman–Crippen MR) is 83.6 cm³/mol. The summed E-state index contributed by atoms with van der Waals surface area (Å²) in [6.07, 6.45) is 0. The van der Waals surface area contributed by atoms with E-state index < -0.39 is 0 Å². The zero-order valence-electron chi connectivity index (χ0n) is 13.2. The molecule has 0 aliphatic carbocycles. The fourth-order valence-electron chi connectivity index (χ4n) is 2.78. The molecule has 0 saturated carbocycles. The molecular weight excluding hydrogens is 278 g/mol. The van der Waals surface area contributed by atoms with Gasteiger partial charge in [-0.1, -0.05) is 30.3 Å². The van der Waals surface area contributed by atoms with Crippen LogP contribution in [0, 0.1) is 13.8 Å². The number of likely N-dealkylation sites (N-methyl/N-ethyl adjacent to an activating group) is 1. The van der Waals surface area contributed by atoms with E-state index in [1.54, 1.807) is 13.8 Å². The van der Waals surface area contributed by atoms with E-state index in [1.807, 2.05) is 11.0 Å². The molecule has 0 spiro atoms. The number of carbonyl (C=O) groups excluding carboxylic acids is 1. The van der Waals surface area contributed by atoms with E-state index in [2.05, 4.69) is 41.2 Å². The molecule has 5 nitrogen and oxygen atoms in total. The van der Waals surface area contributed by atoms with Gasteiger partial charge in [-0.3, -0.25) is 9.69 Å². The zero-order valence-corrected chi connectivity index (χ0v) is 13.2. The summed E-state index contributed by atoms with van der Waals surface area (Å²) in [5, 5.41) is 0. The average Bonchev–Trinajstić information content (AvgIpc) is 2.77. The molecule has 3 rings (SSSR count). The molecule has 0 unspecified atom stereocenters. The second-order valence-electron chi connectivity index (χ2n) is 5.90. The lowest BCUT2D eigenvalue weighted by Gasteiger charge is -2.43. The van der Waals surface area contributed by atoms with Crippen LogP contribution in [0.15, 0.2) is 34.7 Å². The smallest absolute Gasteiger partial charge is 0.276 e. The molecule has 1 fully saturated rings. The largest absolute Gasteiger partial charge is 0.445 e. The summed E-state index contributed by atoms with van der Waals surface area (Å²) in [5.41, 5.74) is 1.74. The fraction of sp³-hybridized carbons (Fsp3) is 0.412. The van der Waals surface area contributed by atoms with Crippen molar-refractivity contribution in [1.82, 2.24) is 14.8 Å². The van der Waals surface area contributed by atoms with Crippen LogP contribution in [0.3, 0.4) is 0 Å². The minimum absolute atomic E-state index is 0.0290. The van der Waals surface area contributed by atoms with Crippen molar-refractivity contribution < 1.29 is 9.21 Å². The highest BCUT2D eigenvalue weighted by Gasteiger charge is 2.35. The van der Waals surface area contributed by atoms with Gasteiger partial charge in [-0.05, 0) is 19.5 Å².